The Morgan fingerprint density at radius 2 is 2.12 bits per heavy atom. The van der Waals surface area contributed by atoms with Gasteiger partial charge >= 0.3 is 12.6 Å². The Morgan fingerprint density at radius 1 is 1.47 bits per heavy atom. The summed E-state index contributed by atoms with van der Waals surface area (Å²) in [5.41, 5.74) is -0.697. The Balaban J connectivity index is 3.15. The fourth-order valence-corrected chi connectivity index (χ4v) is 1.25. The molecule has 0 unspecified atom stereocenters. The maximum atomic E-state index is 13.4. The summed E-state index contributed by atoms with van der Waals surface area (Å²) < 4.78 is 41.0. The molecule has 0 radical (unpaired) electrons. The molecule has 0 aliphatic carbocycles. The number of benzene rings is 1. The molecular formula is C10H7F3O4. The third-order valence-corrected chi connectivity index (χ3v) is 1.88. The number of ether oxygens (including phenoxy) is 1. The van der Waals surface area contributed by atoms with Gasteiger partial charge in [0.05, 0.1) is 6.42 Å². The van der Waals surface area contributed by atoms with Gasteiger partial charge in [-0.1, -0.05) is 0 Å². The van der Waals surface area contributed by atoms with Gasteiger partial charge in [0.15, 0.2) is 6.29 Å². The molecule has 0 spiro atoms. The van der Waals surface area contributed by atoms with Gasteiger partial charge in [0.25, 0.3) is 0 Å². The smallest absolute Gasteiger partial charge is 0.387 e. The minimum atomic E-state index is -3.15. The number of aliphatic carboxylic acids is 1. The van der Waals surface area contributed by atoms with E-state index in [0.29, 0.717) is 6.07 Å². The van der Waals surface area contributed by atoms with Crippen LogP contribution in [0.2, 0.25) is 0 Å². The number of carboxylic acid groups (broad SMARTS) is 1. The zero-order valence-corrected chi connectivity index (χ0v) is 8.32. The van der Waals surface area contributed by atoms with Crippen molar-refractivity contribution in [3.8, 4) is 5.75 Å². The van der Waals surface area contributed by atoms with E-state index in [1.807, 2.05) is 0 Å². The zero-order valence-electron chi connectivity index (χ0n) is 8.32. The fourth-order valence-electron chi connectivity index (χ4n) is 1.25. The van der Waals surface area contributed by atoms with Crippen LogP contribution in [0.25, 0.3) is 0 Å². The van der Waals surface area contributed by atoms with Crippen molar-refractivity contribution in [1.82, 2.24) is 0 Å². The summed E-state index contributed by atoms with van der Waals surface area (Å²) in [4.78, 5) is 21.0. The Hall–Kier alpha value is -2.05. The highest BCUT2D eigenvalue weighted by Gasteiger charge is 2.16. The molecule has 0 atom stereocenters. The lowest BCUT2D eigenvalue weighted by Gasteiger charge is -2.08. The van der Waals surface area contributed by atoms with Gasteiger partial charge in [0.1, 0.15) is 11.6 Å². The molecule has 0 aromatic heterocycles. The zero-order chi connectivity index (χ0) is 13.0. The van der Waals surface area contributed by atoms with E-state index in [9.17, 15) is 22.8 Å². The van der Waals surface area contributed by atoms with Crippen LogP contribution in [0.5, 0.6) is 5.75 Å². The molecule has 92 valence electrons. The average molecular weight is 248 g/mol. The SMILES string of the molecule is O=Cc1cc(OC(F)F)cc(F)c1CC(=O)O. The number of carbonyl (C=O) groups excluding carboxylic acids is 1. The second kappa shape index (κ2) is 5.33. The average Bonchev–Trinajstić information content (AvgIpc) is 2.20. The molecular weight excluding hydrogens is 241 g/mol. The Morgan fingerprint density at radius 3 is 2.59 bits per heavy atom. The highest BCUT2D eigenvalue weighted by molar-refractivity contribution is 5.82. The molecule has 0 fully saturated rings. The van der Waals surface area contributed by atoms with Crippen LogP contribution in [0, 0.1) is 5.82 Å². The number of carbonyl (C=O) groups is 2. The number of aldehydes is 1. The molecule has 4 nitrogen and oxygen atoms in total. The molecule has 0 heterocycles. The largest absolute Gasteiger partial charge is 0.481 e. The number of carboxylic acids is 1. The molecule has 0 saturated heterocycles. The Bertz CT molecular complexity index is 445. The van der Waals surface area contributed by atoms with Gasteiger partial charge in [-0.15, -0.1) is 0 Å². The first-order chi connectivity index (χ1) is 7.93. The Labute approximate surface area is 93.6 Å². The molecule has 1 aromatic rings. The quantitative estimate of drug-likeness (QED) is 0.808. The highest BCUT2D eigenvalue weighted by Crippen LogP contribution is 2.22. The standard InChI is InChI=1S/C10H7F3O4/c11-8-2-6(17-10(12)13)1-5(4-14)7(8)3-9(15)16/h1-2,4,10H,3H2,(H,15,16). The maximum absolute atomic E-state index is 13.4. The molecule has 0 saturated carbocycles. The highest BCUT2D eigenvalue weighted by atomic mass is 19.3. The summed E-state index contributed by atoms with van der Waals surface area (Å²) in [5, 5.41) is 8.49. The third-order valence-electron chi connectivity index (χ3n) is 1.88. The lowest BCUT2D eigenvalue weighted by molar-refractivity contribution is -0.136. The fraction of sp³-hybridized carbons (Fsp3) is 0.200. The first-order valence-corrected chi connectivity index (χ1v) is 4.38. The first-order valence-electron chi connectivity index (χ1n) is 4.38. The predicted octanol–water partition coefficient (Wildman–Crippen LogP) is 1.87. The number of hydrogen-bond donors (Lipinski definition) is 1. The van der Waals surface area contributed by atoms with E-state index in [1.54, 1.807) is 0 Å². The van der Waals surface area contributed by atoms with Crippen molar-refractivity contribution < 1.29 is 32.6 Å². The summed E-state index contributed by atoms with van der Waals surface area (Å²) >= 11 is 0. The Kier molecular flexibility index (Phi) is 4.08. The summed E-state index contributed by atoms with van der Waals surface area (Å²) in [7, 11) is 0. The van der Waals surface area contributed by atoms with Crippen LogP contribution < -0.4 is 4.74 Å². The molecule has 1 N–H and O–H groups in total. The van der Waals surface area contributed by atoms with Crippen LogP contribution in [0.15, 0.2) is 12.1 Å². The van der Waals surface area contributed by atoms with E-state index in [1.165, 1.54) is 0 Å². The van der Waals surface area contributed by atoms with Crippen molar-refractivity contribution in [2.75, 3.05) is 0 Å². The van der Waals surface area contributed by atoms with E-state index in [4.69, 9.17) is 5.11 Å². The lowest BCUT2D eigenvalue weighted by Crippen LogP contribution is -2.08. The number of rotatable bonds is 5. The third kappa shape index (κ3) is 3.47. The molecule has 1 rings (SSSR count). The first kappa shape index (κ1) is 13.0. The van der Waals surface area contributed by atoms with Crippen LogP contribution in [0.4, 0.5) is 13.2 Å². The van der Waals surface area contributed by atoms with Gasteiger partial charge in [-0.2, -0.15) is 8.78 Å². The van der Waals surface area contributed by atoms with Gasteiger partial charge in [-0.05, 0) is 6.07 Å². The van der Waals surface area contributed by atoms with E-state index in [-0.39, 0.29) is 17.4 Å². The summed E-state index contributed by atoms with van der Waals surface area (Å²) in [6, 6.07) is 1.47. The summed E-state index contributed by atoms with van der Waals surface area (Å²) in [5.74, 6) is -2.95. The van der Waals surface area contributed by atoms with E-state index >= 15 is 0 Å². The molecule has 0 bridgehead atoms. The molecule has 17 heavy (non-hydrogen) atoms. The number of halogens is 3. The van der Waals surface area contributed by atoms with Crippen LogP contribution in [0.3, 0.4) is 0 Å². The molecule has 0 aliphatic rings. The van der Waals surface area contributed by atoms with Crippen molar-refractivity contribution in [3.05, 3.63) is 29.1 Å². The topological polar surface area (TPSA) is 63.6 Å². The molecule has 0 amide bonds. The number of alkyl halides is 2. The molecule has 7 heteroatoms. The molecule has 1 aromatic carbocycles. The van der Waals surface area contributed by atoms with Gasteiger partial charge in [0.2, 0.25) is 0 Å². The van der Waals surface area contributed by atoms with Crippen molar-refractivity contribution in [2.24, 2.45) is 0 Å². The summed E-state index contributed by atoms with van der Waals surface area (Å²) in [6.45, 7) is -3.15. The monoisotopic (exact) mass is 248 g/mol. The van der Waals surface area contributed by atoms with E-state index in [2.05, 4.69) is 4.74 Å². The van der Waals surface area contributed by atoms with Gasteiger partial charge in [0, 0.05) is 17.2 Å². The van der Waals surface area contributed by atoms with Crippen molar-refractivity contribution >= 4 is 12.3 Å². The number of hydrogen-bond acceptors (Lipinski definition) is 3. The van der Waals surface area contributed by atoms with Gasteiger partial charge in [-0.25, -0.2) is 4.39 Å². The van der Waals surface area contributed by atoms with Gasteiger partial charge in [-0.3, -0.25) is 9.59 Å². The van der Waals surface area contributed by atoms with Crippen molar-refractivity contribution in [2.45, 2.75) is 13.0 Å². The second-order valence-corrected chi connectivity index (χ2v) is 3.04. The van der Waals surface area contributed by atoms with Crippen molar-refractivity contribution in [1.29, 1.82) is 0 Å². The van der Waals surface area contributed by atoms with E-state index in [0.717, 1.165) is 6.07 Å². The van der Waals surface area contributed by atoms with Crippen molar-refractivity contribution in [3.63, 3.8) is 0 Å². The predicted molar refractivity (Wildman–Crippen MR) is 49.8 cm³/mol. The van der Waals surface area contributed by atoms with Crippen LogP contribution >= 0.6 is 0 Å². The summed E-state index contributed by atoms with van der Waals surface area (Å²) in [6.07, 6.45) is -0.533. The maximum Gasteiger partial charge on any atom is 0.387 e. The molecule has 0 aliphatic heterocycles. The minimum Gasteiger partial charge on any atom is -0.481 e. The van der Waals surface area contributed by atoms with Crippen LogP contribution in [-0.2, 0) is 11.2 Å². The van der Waals surface area contributed by atoms with E-state index < -0.39 is 30.6 Å². The van der Waals surface area contributed by atoms with Crippen LogP contribution in [-0.4, -0.2) is 24.0 Å². The lowest BCUT2D eigenvalue weighted by atomic mass is 10.0. The normalized spacial score (nSPS) is 10.4. The van der Waals surface area contributed by atoms with Gasteiger partial charge < -0.3 is 9.84 Å². The van der Waals surface area contributed by atoms with Crippen LogP contribution in [0.1, 0.15) is 15.9 Å². The second-order valence-electron chi connectivity index (χ2n) is 3.04. The minimum absolute atomic E-state index is 0.180.